The van der Waals surface area contributed by atoms with E-state index in [4.69, 9.17) is 0 Å². The lowest BCUT2D eigenvalue weighted by Crippen LogP contribution is -2.13. The molecular formula is C8H5BrF3NO2S. The molecule has 88 valence electrons. The highest BCUT2D eigenvalue weighted by Crippen LogP contribution is 2.35. The number of rotatable bonds is 2. The zero-order valence-electron chi connectivity index (χ0n) is 7.62. The van der Waals surface area contributed by atoms with Gasteiger partial charge in [0.2, 0.25) is 9.84 Å². The fourth-order valence-electron chi connectivity index (χ4n) is 0.935. The van der Waals surface area contributed by atoms with E-state index in [1.165, 1.54) is 0 Å². The number of sulfone groups is 1. The van der Waals surface area contributed by atoms with Crippen LogP contribution in [0.25, 0.3) is 0 Å². The van der Waals surface area contributed by atoms with E-state index >= 15 is 0 Å². The Labute approximate surface area is 98.0 Å². The molecule has 1 rings (SSSR count). The highest BCUT2D eigenvalue weighted by atomic mass is 79.9. The van der Waals surface area contributed by atoms with E-state index in [0.29, 0.717) is 11.5 Å². The molecular weight excluding hydrogens is 311 g/mol. The number of pyridine rings is 1. The molecule has 0 N–H and O–H groups in total. The van der Waals surface area contributed by atoms with E-state index in [1.54, 1.807) is 0 Å². The highest BCUT2D eigenvalue weighted by molar-refractivity contribution is 9.10. The Kier molecular flexibility index (Phi) is 3.44. The van der Waals surface area contributed by atoms with Gasteiger partial charge >= 0.3 is 6.18 Å². The lowest BCUT2D eigenvalue weighted by Gasteiger charge is -2.10. The third-order valence-corrected chi connectivity index (χ3v) is 3.35. The average Bonchev–Trinajstić information content (AvgIpc) is 2.16. The number of halogens is 4. The molecule has 1 aromatic heterocycles. The molecule has 1 aromatic rings. The van der Waals surface area contributed by atoms with E-state index in [9.17, 15) is 21.6 Å². The Morgan fingerprint density at radius 1 is 1.44 bits per heavy atom. The van der Waals surface area contributed by atoms with Crippen molar-refractivity contribution in [3.63, 3.8) is 0 Å². The first-order chi connectivity index (χ1) is 7.18. The van der Waals surface area contributed by atoms with E-state index < -0.39 is 26.6 Å². The van der Waals surface area contributed by atoms with Crippen molar-refractivity contribution in [3.8, 4) is 0 Å². The van der Waals surface area contributed by atoms with Gasteiger partial charge in [-0.1, -0.05) is 6.58 Å². The molecule has 0 aliphatic carbocycles. The second kappa shape index (κ2) is 4.17. The molecule has 16 heavy (non-hydrogen) atoms. The van der Waals surface area contributed by atoms with Crippen molar-refractivity contribution in [2.24, 2.45) is 0 Å². The average molecular weight is 316 g/mol. The van der Waals surface area contributed by atoms with Crippen LogP contribution in [0.4, 0.5) is 13.2 Å². The van der Waals surface area contributed by atoms with Crippen molar-refractivity contribution in [2.75, 3.05) is 0 Å². The normalized spacial score (nSPS) is 12.5. The third-order valence-electron chi connectivity index (χ3n) is 1.61. The van der Waals surface area contributed by atoms with Crippen LogP contribution in [-0.4, -0.2) is 13.4 Å². The molecule has 0 aliphatic rings. The summed E-state index contributed by atoms with van der Waals surface area (Å²) in [7, 11) is -4.22. The minimum atomic E-state index is -4.79. The predicted molar refractivity (Wildman–Crippen MR) is 54.3 cm³/mol. The Morgan fingerprint density at radius 2 is 2.00 bits per heavy atom. The molecule has 8 heteroatoms. The SMILES string of the molecule is C=CS(=O)(=O)c1ncc(Br)cc1C(F)(F)F. The second-order valence-corrected chi connectivity index (χ2v) is 5.44. The number of aromatic nitrogens is 1. The fourth-order valence-corrected chi connectivity index (χ4v) is 2.11. The molecule has 0 bridgehead atoms. The minimum absolute atomic E-state index is 0.0443. The molecule has 0 aromatic carbocycles. The van der Waals surface area contributed by atoms with Gasteiger partial charge in [0.25, 0.3) is 0 Å². The van der Waals surface area contributed by atoms with E-state index in [1.807, 2.05) is 0 Å². The number of nitrogens with zero attached hydrogens (tertiary/aromatic N) is 1. The standard InChI is InChI=1S/C8H5BrF3NO2S/c1-2-16(14,15)7-6(8(10,11)12)3-5(9)4-13-7/h2-4H,1H2. The summed E-state index contributed by atoms with van der Waals surface area (Å²) >= 11 is 2.79. The lowest BCUT2D eigenvalue weighted by atomic mass is 10.3. The number of hydrogen-bond donors (Lipinski definition) is 0. The van der Waals surface area contributed by atoms with E-state index in [0.717, 1.165) is 6.20 Å². The number of alkyl halides is 3. The Balaban J connectivity index is 3.59. The summed E-state index contributed by atoms with van der Waals surface area (Å²) < 4.78 is 60.2. The summed E-state index contributed by atoms with van der Waals surface area (Å²) in [4.78, 5) is 3.26. The van der Waals surface area contributed by atoms with Gasteiger partial charge < -0.3 is 0 Å². The highest BCUT2D eigenvalue weighted by Gasteiger charge is 2.37. The lowest BCUT2D eigenvalue weighted by molar-refractivity contribution is -0.140. The fraction of sp³-hybridized carbons (Fsp3) is 0.125. The van der Waals surface area contributed by atoms with Crippen molar-refractivity contribution in [2.45, 2.75) is 11.2 Å². The van der Waals surface area contributed by atoms with Crippen LogP contribution in [0.5, 0.6) is 0 Å². The first kappa shape index (κ1) is 13.2. The summed E-state index contributed by atoms with van der Waals surface area (Å²) in [6.45, 7) is 2.95. The maximum atomic E-state index is 12.5. The van der Waals surface area contributed by atoms with Gasteiger partial charge in [-0.05, 0) is 22.0 Å². The van der Waals surface area contributed by atoms with Crippen molar-refractivity contribution in [1.82, 2.24) is 4.98 Å². The molecule has 0 saturated carbocycles. The molecule has 0 unspecified atom stereocenters. The first-order valence-corrected chi connectivity index (χ1v) is 6.12. The van der Waals surface area contributed by atoms with Crippen molar-refractivity contribution in [1.29, 1.82) is 0 Å². The van der Waals surface area contributed by atoms with Gasteiger partial charge in [0.1, 0.15) is 0 Å². The Hall–Kier alpha value is -0.890. The monoisotopic (exact) mass is 315 g/mol. The van der Waals surface area contributed by atoms with Crippen molar-refractivity contribution < 1.29 is 21.6 Å². The van der Waals surface area contributed by atoms with Crippen LogP contribution >= 0.6 is 15.9 Å². The number of hydrogen-bond acceptors (Lipinski definition) is 3. The van der Waals surface area contributed by atoms with Gasteiger partial charge in [-0.3, -0.25) is 0 Å². The van der Waals surface area contributed by atoms with Crippen molar-refractivity contribution in [3.05, 3.63) is 34.3 Å². The summed E-state index contributed by atoms with van der Waals surface area (Å²) in [6.07, 6.45) is -3.81. The van der Waals surface area contributed by atoms with Gasteiger partial charge in [-0.15, -0.1) is 0 Å². The maximum Gasteiger partial charge on any atom is 0.419 e. The summed E-state index contributed by atoms with van der Waals surface area (Å²) in [5.74, 6) is 0. The van der Waals surface area contributed by atoms with E-state index in [-0.39, 0.29) is 4.47 Å². The van der Waals surface area contributed by atoms with Gasteiger partial charge in [0.15, 0.2) is 5.03 Å². The third kappa shape index (κ3) is 2.62. The summed E-state index contributed by atoms with van der Waals surface area (Å²) in [5, 5.41) is -0.614. The summed E-state index contributed by atoms with van der Waals surface area (Å²) in [5.41, 5.74) is -1.32. The van der Waals surface area contributed by atoms with Gasteiger partial charge in [0.05, 0.1) is 5.56 Å². The molecule has 0 amide bonds. The molecule has 0 spiro atoms. The molecule has 3 nitrogen and oxygen atoms in total. The van der Waals surface area contributed by atoms with Crippen LogP contribution in [0.2, 0.25) is 0 Å². The van der Waals surface area contributed by atoms with Crippen LogP contribution in [0.3, 0.4) is 0 Å². The van der Waals surface area contributed by atoms with Crippen LogP contribution < -0.4 is 0 Å². The molecule has 0 saturated heterocycles. The van der Waals surface area contributed by atoms with Crippen LogP contribution in [0, 0.1) is 0 Å². The topological polar surface area (TPSA) is 47.0 Å². The Morgan fingerprint density at radius 3 is 2.44 bits per heavy atom. The maximum absolute atomic E-state index is 12.5. The molecule has 0 radical (unpaired) electrons. The van der Waals surface area contributed by atoms with Gasteiger partial charge in [0, 0.05) is 16.1 Å². The van der Waals surface area contributed by atoms with E-state index in [2.05, 4.69) is 27.5 Å². The minimum Gasteiger partial charge on any atom is -0.243 e. The van der Waals surface area contributed by atoms with Crippen LogP contribution in [0.15, 0.2) is 33.7 Å². The largest absolute Gasteiger partial charge is 0.419 e. The zero-order valence-corrected chi connectivity index (χ0v) is 10.0. The molecule has 0 fully saturated rings. The summed E-state index contributed by atoms with van der Waals surface area (Å²) in [6, 6.07) is 0.656. The van der Waals surface area contributed by atoms with Gasteiger partial charge in [-0.2, -0.15) is 13.2 Å². The predicted octanol–water partition coefficient (Wildman–Crippen LogP) is 2.78. The van der Waals surface area contributed by atoms with Crippen LogP contribution in [-0.2, 0) is 16.0 Å². The molecule has 0 aliphatic heterocycles. The smallest absolute Gasteiger partial charge is 0.243 e. The quantitative estimate of drug-likeness (QED) is 0.843. The van der Waals surface area contributed by atoms with Crippen molar-refractivity contribution >= 4 is 25.8 Å². The second-order valence-electron chi connectivity index (χ2n) is 2.72. The van der Waals surface area contributed by atoms with Gasteiger partial charge in [-0.25, -0.2) is 13.4 Å². The molecule has 1 heterocycles. The first-order valence-electron chi connectivity index (χ1n) is 3.79. The van der Waals surface area contributed by atoms with Crippen LogP contribution in [0.1, 0.15) is 5.56 Å². The zero-order chi connectivity index (χ0) is 12.6. The Bertz CT molecular complexity index is 525. The molecule has 0 atom stereocenters.